The van der Waals surface area contributed by atoms with E-state index in [-0.39, 0.29) is 5.97 Å². The van der Waals surface area contributed by atoms with E-state index in [0.29, 0.717) is 11.5 Å². The lowest BCUT2D eigenvalue weighted by Crippen LogP contribution is -2.13. The summed E-state index contributed by atoms with van der Waals surface area (Å²) < 4.78 is 4.91. The maximum absolute atomic E-state index is 12.0. The standard InChI is InChI=1S/C18H22N2O2/c1-4-13-10-19-17(20-13)16-9-14(18(21)22-3)11(2)8-15(16)12-6-5-7-12/h8-10,12H,4-7H2,1-3H3,(H,19,20). The molecular weight excluding hydrogens is 276 g/mol. The summed E-state index contributed by atoms with van der Waals surface area (Å²) in [6, 6.07) is 4.08. The highest BCUT2D eigenvalue weighted by Gasteiger charge is 2.25. The van der Waals surface area contributed by atoms with E-state index < -0.39 is 0 Å². The van der Waals surface area contributed by atoms with Crippen molar-refractivity contribution in [1.29, 1.82) is 0 Å². The molecule has 0 unspecified atom stereocenters. The Kier molecular flexibility index (Phi) is 4.01. The van der Waals surface area contributed by atoms with Gasteiger partial charge in [0, 0.05) is 17.5 Å². The van der Waals surface area contributed by atoms with Gasteiger partial charge in [-0.2, -0.15) is 0 Å². The second kappa shape index (κ2) is 5.95. The molecule has 1 aromatic heterocycles. The Bertz CT molecular complexity index is 699. The highest BCUT2D eigenvalue weighted by Crippen LogP contribution is 2.41. The summed E-state index contributed by atoms with van der Waals surface area (Å²) in [6.07, 6.45) is 6.50. The van der Waals surface area contributed by atoms with Crippen molar-refractivity contribution in [3.8, 4) is 11.4 Å². The van der Waals surface area contributed by atoms with Crippen LogP contribution in [0.3, 0.4) is 0 Å². The topological polar surface area (TPSA) is 55.0 Å². The Morgan fingerprint density at radius 2 is 2.18 bits per heavy atom. The van der Waals surface area contributed by atoms with Gasteiger partial charge in [0.05, 0.1) is 12.7 Å². The fourth-order valence-electron chi connectivity index (χ4n) is 3.00. The molecule has 1 aliphatic carbocycles. The van der Waals surface area contributed by atoms with E-state index in [9.17, 15) is 4.79 Å². The second-order valence-electron chi connectivity index (χ2n) is 5.98. The zero-order chi connectivity index (χ0) is 15.7. The molecule has 22 heavy (non-hydrogen) atoms. The van der Waals surface area contributed by atoms with Crippen molar-refractivity contribution >= 4 is 5.97 Å². The first-order valence-electron chi connectivity index (χ1n) is 7.91. The number of ether oxygens (including phenoxy) is 1. The quantitative estimate of drug-likeness (QED) is 0.868. The van der Waals surface area contributed by atoms with Gasteiger partial charge in [-0.15, -0.1) is 0 Å². The van der Waals surface area contributed by atoms with Crippen LogP contribution in [0.1, 0.15) is 59.3 Å². The van der Waals surface area contributed by atoms with Gasteiger partial charge < -0.3 is 9.72 Å². The van der Waals surface area contributed by atoms with Crippen molar-refractivity contribution in [3.63, 3.8) is 0 Å². The third-order valence-electron chi connectivity index (χ3n) is 4.61. The molecule has 2 aromatic rings. The van der Waals surface area contributed by atoms with Crippen LogP contribution >= 0.6 is 0 Å². The van der Waals surface area contributed by atoms with Crippen molar-refractivity contribution in [2.45, 2.75) is 45.4 Å². The molecule has 4 nitrogen and oxygen atoms in total. The number of imidazole rings is 1. The SMILES string of the molecule is CCc1cnc(-c2cc(C(=O)OC)c(C)cc2C2CCC2)[nH]1. The lowest BCUT2D eigenvalue weighted by molar-refractivity contribution is 0.0600. The van der Waals surface area contributed by atoms with Crippen molar-refractivity contribution < 1.29 is 9.53 Å². The number of nitrogens with one attached hydrogen (secondary N) is 1. The highest BCUT2D eigenvalue weighted by molar-refractivity contribution is 5.92. The molecule has 0 saturated heterocycles. The summed E-state index contributed by atoms with van der Waals surface area (Å²) >= 11 is 0. The number of carbonyl (C=O) groups excluding carboxylic acids is 1. The number of benzene rings is 1. The Morgan fingerprint density at radius 1 is 1.41 bits per heavy atom. The molecule has 1 aliphatic rings. The number of hydrogen-bond acceptors (Lipinski definition) is 3. The van der Waals surface area contributed by atoms with E-state index in [2.05, 4.69) is 23.0 Å². The summed E-state index contributed by atoms with van der Waals surface area (Å²) in [5, 5.41) is 0. The van der Waals surface area contributed by atoms with E-state index in [0.717, 1.165) is 29.1 Å². The molecule has 0 bridgehead atoms. The van der Waals surface area contributed by atoms with Crippen molar-refractivity contribution in [3.05, 3.63) is 40.7 Å². The number of hydrogen-bond donors (Lipinski definition) is 1. The molecule has 1 saturated carbocycles. The average molecular weight is 298 g/mol. The fraction of sp³-hybridized carbons (Fsp3) is 0.444. The molecule has 0 amide bonds. The molecule has 1 aromatic carbocycles. The number of H-pyrrole nitrogens is 1. The Labute approximate surface area is 130 Å². The van der Waals surface area contributed by atoms with Gasteiger partial charge in [-0.05, 0) is 49.3 Å². The number of methoxy groups -OCH3 is 1. The number of nitrogens with zero attached hydrogens (tertiary/aromatic N) is 1. The minimum atomic E-state index is -0.291. The van der Waals surface area contributed by atoms with Crippen LogP contribution in [-0.4, -0.2) is 23.0 Å². The minimum Gasteiger partial charge on any atom is -0.465 e. The maximum Gasteiger partial charge on any atom is 0.338 e. The summed E-state index contributed by atoms with van der Waals surface area (Å²) in [5.41, 5.74) is 5.04. The van der Waals surface area contributed by atoms with Gasteiger partial charge in [-0.25, -0.2) is 9.78 Å². The number of carbonyl (C=O) groups is 1. The van der Waals surface area contributed by atoms with Crippen LogP contribution in [0.5, 0.6) is 0 Å². The number of aromatic amines is 1. The lowest BCUT2D eigenvalue weighted by Gasteiger charge is -2.28. The molecule has 1 fully saturated rings. The first kappa shape index (κ1) is 14.8. The van der Waals surface area contributed by atoms with E-state index in [1.807, 2.05) is 19.2 Å². The Balaban J connectivity index is 2.13. The van der Waals surface area contributed by atoms with Crippen LogP contribution in [-0.2, 0) is 11.2 Å². The third-order valence-corrected chi connectivity index (χ3v) is 4.61. The second-order valence-corrected chi connectivity index (χ2v) is 5.98. The number of rotatable bonds is 4. The molecule has 0 radical (unpaired) electrons. The molecule has 0 aliphatic heterocycles. The molecule has 1 heterocycles. The van der Waals surface area contributed by atoms with E-state index in [1.54, 1.807) is 0 Å². The van der Waals surface area contributed by atoms with Crippen molar-refractivity contribution in [2.75, 3.05) is 7.11 Å². The van der Waals surface area contributed by atoms with Crippen LogP contribution in [0.4, 0.5) is 0 Å². The zero-order valence-electron chi connectivity index (χ0n) is 13.4. The summed E-state index contributed by atoms with van der Waals surface area (Å²) in [4.78, 5) is 19.9. The number of aryl methyl sites for hydroxylation is 2. The first-order valence-corrected chi connectivity index (χ1v) is 7.91. The molecule has 1 N–H and O–H groups in total. The van der Waals surface area contributed by atoms with Crippen molar-refractivity contribution in [2.24, 2.45) is 0 Å². The highest BCUT2D eigenvalue weighted by atomic mass is 16.5. The maximum atomic E-state index is 12.0. The normalized spacial score (nSPS) is 14.7. The Morgan fingerprint density at radius 3 is 2.73 bits per heavy atom. The number of aromatic nitrogens is 2. The molecule has 0 atom stereocenters. The predicted octanol–water partition coefficient (Wildman–Crippen LogP) is 4.00. The van der Waals surface area contributed by atoms with Gasteiger partial charge in [0.1, 0.15) is 5.82 Å². The van der Waals surface area contributed by atoms with Crippen LogP contribution in [0.15, 0.2) is 18.3 Å². The van der Waals surface area contributed by atoms with Crippen LogP contribution < -0.4 is 0 Å². The van der Waals surface area contributed by atoms with E-state index >= 15 is 0 Å². The molecule has 0 spiro atoms. The van der Waals surface area contributed by atoms with Crippen LogP contribution in [0.2, 0.25) is 0 Å². The molecule has 4 heteroatoms. The zero-order valence-corrected chi connectivity index (χ0v) is 13.4. The predicted molar refractivity (Wildman–Crippen MR) is 86.1 cm³/mol. The van der Waals surface area contributed by atoms with Gasteiger partial charge in [-0.3, -0.25) is 0 Å². The summed E-state index contributed by atoms with van der Waals surface area (Å²) in [7, 11) is 1.42. The van der Waals surface area contributed by atoms with Crippen LogP contribution in [0, 0.1) is 6.92 Å². The van der Waals surface area contributed by atoms with Gasteiger partial charge in [0.25, 0.3) is 0 Å². The molecular formula is C18H22N2O2. The molecule has 116 valence electrons. The van der Waals surface area contributed by atoms with Crippen molar-refractivity contribution in [1.82, 2.24) is 9.97 Å². The Hall–Kier alpha value is -2.10. The van der Waals surface area contributed by atoms with Crippen LogP contribution in [0.25, 0.3) is 11.4 Å². The van der Waals surface area contributed by atoms with Gasteiger partial charge in [0.15, 0.2) is 0 Å². The minimum absolute atomic E-state index is 0.291. The van der Waals surface area contributed by atoms with Gasteiger partial charge >= 0.3 is 5.97 Å². The fourth-order valence-corrected chi connectivity index (χ4v) is 3.00. The number of esters is 1. The first-order chi connectivity index (χ1) is 10.6. The van der Waals surface area contributed by atoms with Gasteiger partial charge in [0.2, 0.25) is 0 Å². The van der Waals surface area contributed by atoms with Gasteiger partial charge in [-0.1, -0.05) is 19.4 Å². The van der Waals surface area contributed by atoms with E-state index in [4.69, 9.17) is 4.74 Å². The lowest BCUT2D eigenvalue weighted by atomic mass is 9.77. The summed E-state index contributed by atoms with van der Waals surface area (Å²) in [6.45, 7) is 4.07. The molecule has 3 rings (SSSR count). The largest absolute Gasteiger partial charge is 0.465 e. The smallest absolute Gasteiger partial charge is 0.338 e. The summed E-state index contributed by atoms with van der Waals surface area (Å²) in [5.74, 6) is 1.14. The van der Waals surface area contributed by atoms with E-state index in [1.165, 1.54) is 31.9 Å². The third kappa shape index (κ3) is 2.54. The average Bonchev–Trinajstić information content (AvgIpc) is 2.93. The monoisotopic (exact) mass is 298 g/mol.